The van der Waals surface area contributed by atoms with Crippen molar-refractivity contribution in [1.82, 2.24) is 14.9 Å². The zero-order valence-electron chi connectivity index (χ0n) is 14.8. The highest BCUT2D eigenvalue weighted by Gasteiger charge is 2.28. The monoisotopic (exact) mass is 434 g/mol. The van der Waals surface area contributed by atoms with Gasteiger partial charge in [-0.25, -0.2) is 9.97 Å². The minimum absolute atomic E-state index is 0.0285. The number of hydrogen-bond acceptors (Lipinski definition) is 6. The molecule has 28 heavy (non-hydrogen) atoms. The Morgan fingerprint density at radius 1 is 1.18 bits per heavy atom. The van der Waals surface area contributed by atoms with Gasteiger partial charge < -0.3 is 15.4 Å². The number of benzene rings is 1. The van der Waals surface area contributed by atoms with Crippen molar-refractivity contribution >= 4 is 56.6 Å². The fourth-order valence-corrected chi connectivity index (χ4v) is 5.52. The van der Waals surface area contributed by atoms with E-state index in [0.29, 0.717) is 44.2 Å². The summed E-state index contributed by atoms with van der Waals surface area (Å²) in [6.07, 6.45) is 2.77. The Morgan fingerprint density at radius 2 is 1.96 bits per heavy atom. The summed E-state index contributed by atoms with van der Waals surface area (Å²) in [5, 5.41) is 1.72. The number of nitrogen functional groups attached to an aromatic ring is 1. The smallest absolute Gasteiger partial charge is 0.264 e. The zero-order valence-corrected chi connectivity index (χ0v) is 17.1. The van der Waals surface area contributed by atoms with Crippen LogP contribution in [0.1, 0.15) is 28.1 Å². The van der Waals surface area contributed by atoms with Gasteiger partial charge in [-0.05, 0) is 25.0 Å². The molecule has 144 valence electrons. The molecule has 0 bridgehead atoms. The first-order valence-electron chi connectivity index (χ1n) is 9.03. The third-order valence-electron chi connectivity index (χ3n) is 5.13. The first-order chi connectivity index (χ1) is 13.5. The first-order valence-corrected chi connectivity index (χ1v) is 10.6. The van der Waals surface area contributed by atoms with E-state index in [0.717, 1.165) is 42.4 Å². The normalized spacial score (nSPS) is 15.9. The molecule has 0 atom stereocenters. The molecule has 2 aromatic heterocycles. The average molecular weight is 435 g/mol. The predicted molar refractivity (Wildman–Crippen MR) is 112 cm³/mol. The van der Waals surface area contributed by atoms with Gasteiger partial charge in [-0.3, -0.25) is 4.79 Å². The predicted octanol–water partition coefficient (Wildman–Crippen LogP) is 4.42. The molecule has 5 rings (SSSR count). The van der Waals surface area contributed by atoms with Crippen LogP contribution < -0.4 is 10.5 Å². The summed E-state index contributed by atoms with van der Waals surface area (Å²) in [4.78, 5) is 24.8. The number of nitrogens with two attached hydrogens (primary N) is 1. The molecule has 2 N–H and O–H groups in total. The molecule has 9 heteroatoms. The number of halogens is 2. The van der Waals surface area contributed by atoms with E-state index in [9.17, 15) is 4.79 Å². The quantitative estimate of drug-likeness (QED) is 0.645. The average Bonchev–Trinajstić information content (AvgIpc) is 3.40. The number of ether oxygens (including phenoxy) is 1. The van der Waals surface area contributed by atoms with E-state index in [4.69, 9.17) is 33.7 Å². The Bertz CT molecular complexity index is 1130. The topological polar surface area (TPSA) is 81.3 Å². The number of carbonyl (C=O) groups is 1. The number of carbonyl (C=O) groups excluding carboxylic acids is 1. The second-order valence-electron chi connectivity index (χ2n) is 6.88. The van der Waals surface area contributed by atoms with E-state index in [-0.39, 0.29) is 11.9 Å². The number of rotatable bonds is 2. The van der Waals surface area contributed by atoms with Gasteiger partial charge in [0, 0.05) is 36.0 Å². The fraction of sp³-hybridized carbons (Fsp3) is 0.316. The number of thiophene rings is 1. The molecular weight excluding hydrogens is 419 g/mol. The Morgan fingerprint density at radius 3 is 2.75 bits per heavy atom. The summed E-state index contributed by atoms with van der Waals surface area (Å²) < 4.78 is 5.68. The summed E-state index contributed by atoms with van der Waals surface area (Å²) in [5.74, 6) is 0.805. The highest BCUT2D eigenvalue weighted by atomic mass is 35.5. The van der Waals surface area contributed by atoms with E-state index in [2.05, 4.69) is 9.97 Å². The lowest BCUT2D eigenvalue weighted by Gasteiger charge is -2.13. The number of hydrogen-bond donors (Lipinski definition) is 1. The number of anilines is 1. The molecular formula is C19H16Cl2N4O2S. The van der Waals surface area contributed by atoms with Crippen LogP contribution in [0.15, 0.2) is 12.1 Å². The molecule has 1 aromatic carbocycles. The minimum atomic E-state index is 0.0285. The molecule has 0 saturated carbocycles. The van der Waals surface area contributed by atoms with Gasteiger partial charge in [0.2, 0.25) is 5.95 Å². The van der Waals surface area contributed by atoms with Crippen LogP contribution in [0, 0.1) is 0 Å². The lowest BCUT2D eigenvalue weighted by molar-refractivity contribution is 0.0797. The highest BCUT2D eigenvalue weighted by molar-refractivity contribution is 7.20. The van der Waals surface area contributed by atoms with Gasteiger partial charge in [-0.15, -0.1) is 11.3 Å². The molecule has 3 aromatic rings. The molecule has 4 heterocycles. The lowest BCUT2D eigenvalue weighted by Crippen LogP contribution is -2.26. The largest absolute Gasteiger partial charge is 0.491 e. The van der Waals surface area contributed by atoms with Crippen LogP contribution in [-0.4, -0.2) is 40.5 Å². The van der Waals surface area contributed by atoms with Gasteiger partial charge in [0.15, 0.2) is 0 Å². The van der Waals surface area contributed by atoms with E-state index >= 15 is 0 Å². The second kappa shape index (κ2) is 6.76. The van der Waals surface area contributed by atoms with E-state index in [1.165, 1.54) is 11.3 Å². The van der Waals surface area contributed by atoms with Gasteiger partial charge in [-0.1, -0.05) is 23.2 Å². The van der Waals surface area contributed by atoms with Crippen molar-refractivity contribution in [3.05, 3.63) is 32.6 Å². The van der Waals surface area contributed by atoms with Crippen molar-refractivity contribution in [2.45, 2.75) is 19.3 Å². The SMILES string of the molecule is Nc1nc(-c2c(Cl)cc(Cl)c3c2CCO3)c2cc(C(=O)N3CCCC3)sc2n1. The van der Waals surface area contributed by atoms with Crippen LogP contribution in [0.5, 0.6) is 5.75 Å². The molecule has 1 fully saturated rings. The van der Waals surface area contributed by atoms with Crippen molar-refractivity contribution in [1.29, 1.82) is 0 Å². The third kappa shape index (κ3) is 2.80. The molecule has 2 aliphatic rings. The number of fused-ring (bicyclic) bond motifs is 2. The number of likely N-dealkylation sites (tertiary alicyclic amines) is 1. The minimum Gasteiger partial charge on any atom is -0.491 e. The Labute approximate surface area is 175 Å². The molecule has 1 saturated heterocycles. The molecule has 2 aliphatic heterocycles. The number of amides is 1. The molecule has 0 aliphatic carbocycles. The van der Waals surface area contributed by atoms with E-state index < -0.39 is 0 Å². The summed E-state index contributed by atoms with van der Waals surface area (Å²) in [5.41, 5.74) is 8.26. The van der Waals surface area contributed by atoms with Crippen molar-refractivity contribution in [2.24, 2.45) is 0 Å². The molecule has 0 unspecified atom stereocenters. The van der Waals surface area contributed by atoms with Crippen molar-refractivity contribution in [3.8, 4) is 17.0 Å². The van der Waals surface area contributed by atoms with Crippen molar-refractivity contribution in [3.63, 3.8) is 0 Å². The second-order valence-corrected chi connectivity index (χ2v) is 8.73. The maximum Gasteiger partial charge on any atom is 0.264 e. The third-order valence-corrected chi connectivity index (χ3v) is 6.73. The lowest BCUT2D eigenvalue weighted by atomic mass is 10.00. The van der Waals surface area contributed by atoms with Crippen molar-refractivity contribution < 1.29 is 9.53 Å². The van der Waals surface area contributed by atoms with E-state index in [1.54, 1.807) is 6.07 Å². The van der Waals surface area contributed by atoms with Gasteiger partial charge in [-0.2, -0.15) is 0 Å². The number of nitrogens with zero attached hydrogens (tertiary/aromatic N) is 3. The fourth-order valence-electron chi connectivity index (χ4n) is 3.87. The van der Waals surface area contributed by atoms with Gasteiger partial charge in [0.1, 0.15) is 10.6 Å². The van der Waals surface area contributed by atoms with Crippen LogP contribution in [0.2, 0.25) is 10.0 Å². The van der Waals surface area contributed by atoms with Gasteiger partial charge >= 0.3 is 0 Å². The molecule has 6 nitrogen and oxygen atoms in total. The van der Waals surface area contributed by atoms with Crippen LogP contribution in [-0.2, 0) is 6.42 Å². The summed E-state index contributed by atoms with van der Waals surface area (Å²) in [6.45, 7) is 2.12. The van der Waals surface area contributed by atoms with Crippen LogP contribution in [0.3, 0.4) is 0 Å². The van der Waals surface area contributed by atoms with E-state index in [1.807, 2.05) is 11.0 Å². The highest BCUT2D eigenvalue weighted by Crippen LogP contribution is 2.46. The Kier molecular flexibility index (Phi) is 4.34. The van der Waals surface area contributed by atoms with Crippen LogP contribution in [0.25, 0.3) is 21.5 Å². The molecule has 0 spiro atoms. The summed E-state index contributed by atoms with van der Waals surface area (Å²) >= 11 is 14.2. The summed E-state index contributed by atoms with van der Waals surface area (Å²) in [6, 6.07) is 3.51. The first kappa shape index (κ1) is 18.0. The van der Waals surface area contributed by atoms with Gasteiger partial charge in [0.25, 0.3) is 5.91 Å². The Balaban J connectivity index is 1.71. The van der Waals surface area contributed by atoms with Crippen molar-refractivity contribution in [2.75, 3.05) is 25.4 Å². The standard InChI is InChI=1S/C19H16Cl2N4O2S/c20-11-8-12(21)16-9(3-6-27-16)14(11)15-10-7-13(18(26)25-4-1-2-5-25)28-17(10)24-19(22)23-15/h7-8H,1-6H2,(H2,22,23,24). The molecule has 1 amide bonds. The molecule has 0 radical (unpaired) electrons. The zero-order chi connectivity index (χ0) is 19.4. The maximum absolute atomic E-state index is 12.8. The van der Waals surface area contributed by atoms with Gasteiger partial charge in [0.05, 0.1) is 27.2 Å². The Hall–Kier alpha value is -2.09. The van der Waals surface area contributed by atoms with Crippen LogP contribution >= 0.6 is 34.5 Å². The van der Waals surface area contributed by atoms with Crippen LogP contribution in [0.4, 0.5) is 5.95 Å². The summed E-state index contributed by atoms with van der Waals surface area (Å²) in [7, 11) is 0. The maximum atomic E-state index is 12.8. The number of aromatic nitrogens is 2.